The van der Waals surface area contributed by atoms with Crippen LogP contribution in [0, 0.1) is 12.7 Å². The van der Waals surface area contributed by atoms with Crippen LogP contribution >= 0.6 is 0 Å². The van der Waals surface area contributed by atoms with Gasteiger partial charge in [-0.2, -0.15) is 0 Å². The third-order valence-corrected chi connectivity index (χ3v) is 3.73. The molecule has 0 aliphatic carbocycles. The molecule has 20 heavy (non-hydrogen) atoms. The third kappa shape index (κ3) is 3.06. The van der Waals surface area contributed by atoms with Crippen molar-refractivity contribution < 1.29 is 14.6 Å². The first kappa shape index (κ1) is 14.7. The smallest absolute Gasteiger partial charge is 0.123 e. The molecule has 0 heterocycles. The molecular formula is C17H19FO2. The van der Waals surface area contributed by atoms with Gasteiger partial charge in [-0.25, -0.2) is 4.39 Å². The molecule has 2 aromatic rings. The standard InChI is InChI=1S/C17H19FO2/c1-13-2-4-14(5-3-13)10-17(11-19,12-20)15-6-8-16(18)9-7-15/h2-9,19-20H,10-12H2,1H3. The van der Waals surface area contributed by atoms with Gasteiger partial charge in [0.05, 0.1) is 13.2 Å². The van der Waals surface area contributed by atoms with Crippen LogP contribution in [0.25, 0.3) is 0 Å². The van der Waals surface area contributed by atoms with Crippen LogP contribution in [-0.4, -0.2) is 23.4 Å². The third-order valence-electron chi connectivity index (χ3n) is 3.73. The van der Waals surface area contributed by atoms with Gasteiger partial charge in [-0.15, -0.1) is 0 Å². The van der Waals surface area contributed by atoms with Crippen molar-refractivity contribution in [1.29, 1.82) is 0 Å². The zero-order chi connectivity index (χ0) is 14.6. The van der Waals surface area contributed by atoms with Gasteiger partial charge in [-0.3, -0.25) is 0 Å². The Morgan fingerprint density at radius 3 is 1.95 bits per heavy atom. The molecule has 0 aromatic heterocycles. The van der Waals surface area contributed by atoms with E-state index in [2.05, 4.69) is 0 Å². The highest BCUT2D eigenvalue weighted by Gasteiger charge is 2.31. The lowest BCUT2D eigenvalue weighted by Gasteiger charge is -2.30. The van der Waals surface area contributed by atoms with E-state index in [9.17, 15) is 14.6 Å². The first-order valence-corrected chi connectivity index (χ1v) is 6.63. The second kappa shape index (κ2) is 6.16. The summed E-state index contributed by atoms with van der Waals surface area (Å²) in [5, 5.41) is 19.5. The van der Waals surface area contributed by atoms with E-state index in [1.54, 1.807) is 12.1 Å². The molecule has 0 aliphatic heterocycles. The Kier molecular flexibility index (Phi) is 4.53. The van der Waals surface area contributed by atoms with Crippen LogP contribution in [-0.2, 0) is 11.8 Å². The molecule has 0 atom stereocenters. The van der Waals surface area contributed by atoms with Gasteiger partial charge < -0.3 is 10.2 Å². The fraction of sp³-hybridized carbons (Fsp3) is 0.294. The number of aliphatic hydroxyl groups is 2. The predicted molar refractivity (Wildman–Crippen MR) is 77.1 cm³/mol. The van der Waals surface area contributed by atoms with Crippen LogP contribution < -0.4 is 0 Å². The minimum Gasteiger partial charge on any atom is -0.395 e. The van der Waals surface area contributed by atoms with Crippen molar-refractivity contribution in [3.05, 3.63) is 71.0 Å². The molecule has 0 fully saturated rings. The maximum absolute atomic E-state index is 13.0. The first-order valence-electron chi connectivity index (χ1n) is 6.63. The van der Waals surface area contributed by atoms with Crippen molar-refractivity contribution in [3.63, 3.8) is 0 Å². The molecule has 0 unspecified atom stereocenters. The summed E-state index contributed by atoms with van der Waals surface area (Å²) in [6.07, 6.45) is 0.506. The van der Waals surface area contributed by atoms with E-state index >= 15 is 0 Å². The van der Waals surface area contributed by atoms with Crippen molar-refractivity contribution in [2.24, 2.45) is 0 Å². The molecule has 0 bridgehead atoms. The summed E-state index contributed by atoms with van der Waals surface area (Å²) in [6, 6.07) is 13.9. The van der Waals surface area contributed by atoms with Gasteiger partial charge in [0.1, 0.15) is 5.82 Å². The average molecular weight is 274 g/mol. The van der Waals surface area contributed by atoms with Crippen molar-refractivity contribution in [2.75, 3.05) is 13.2 Å². The van der Waals surface area contributed by atoms with Gasteiger partial charge in [0.25, 0.3) is 0 Å². The fourth-order valence-corrected chi connectivity index (χ4v) is 2.35. The summed E-state index contributed by atoms with van der Waals surface area (Å²) >= 11 is 0. The molecule has 2 aromatic carbocycles. The number of rotatable bonds is 5. The van der Waals surface area contributed by atoms with Gasteiger partial charge in [0.2, 0.25) is 0 Å². The number of aryl methyl sites for hydroxylation is 1. The second-order valence-corrected chi connectivity index (χ2v) is 5.27. The first-order chi connectivity index (χ1) is 9.59. The molecule has 3 heteroatoms. The predicted octanol–water partition coefficient (Wildman–Crippen LogP) is 2.60. The highest BCUT2D eigenvalue weighted by atomic mass is 19.1. The molecule has 0 radical (unpaired) electrons. The van der Waals surface area contributed by atoms with Crippen LogP contribution in [0.15, 0.2) is 48.5 Å². The molecule has 0 amide bonds. The lowest BCUT2D eigenvalue weighted by Crippen LogP contribution is -2.37. The Morgan fingerprint density at radius 1 is 0.900 bits per heavy atom. The summed E-state index contributed by atoms with van der Waals surface area (Å²) in [5.74, 6) is -0.325. The van der Waals surface area contributed by atoms with E-state index in [1.165, 1.54) is 12.1 Å². The highest BCUT2D eigenvalue weighted by Crippen LogP contribution is 2.28. The summed E-state index contributed by atoms with van der Waals surface area (Å²) in [7, 11) is 0. The number of aliphatic hydroxyl groups excluding tert-OH is 2. The molecule has 0 aliphatic rings. The Labute approximate surface area is 118 Å². The summed E-state index contributed by atoms with van der Waals surface area (Å²) in [4.78, 5) is 0. The number of hydrogen-bond donors (Lipinski definition) is 2. The normalized spacial score (nSPS) is 11.6. The van der Waals surface area contributed by atoms with E-state index in [0.717, 1.165) is 16.7 Å². The van der Waals surface area contributed by atoms with E-state index in [4.69, 9.17) is 0 Å². The van der Waals surface area contributed by atoms with Gasteiger partial charge in [0, 0.05) is 5.41 Å². The lowest BCUT2D eigenvalue weighted by atomic mass is 9.77. The van der Waals surface area contributed by atoms with Crippen molar-refractivity contribution in [3.8, 4) is 0 Å². The van der Waals surface area contributed by atoms with E-state index in [0.29, 0.717) is 6.42 Å². The topological polar surface area (TPSA) is 40.5 Å². The average Bonchev–Trinajstić information content (AvgIpc) is 2.48. The van der Waals surface area contributed by atoms with Crippen LogP contribution in [0.3, 0.4) is 0 Å². The van der Waals surface area contributed by atoms with Crippen LogP contribution in [0.4, 0.5) is 4.39 Å². The highest BCUT2D eigenvalue weighted by molar-refractivity contribution is 5.31. The largest absolute Gasteiger partial charge is 0.395 e. The molecule has 106 valence electrons. The van der Waals surface area contributed by atoms with E-state index in [-0.39, 0.29) is 19.0 Å². The van der Waals surface area contributed by atoms with Crippen molar-refractivity contribution >= 4 is 0 Å². The fourth-order valence-electron chi connectivity index (χ4n) is 2.35. The minimum absolute atomic E-state index is 0.191. The number of hydrogen-bond acceptors (Lipinski definition) is 2. The molecular weight excluding hydrogens is 255 g/mol. The van der Waals surface area contributed by atoms with Gasteiger partial charge in [-0.05, 0) is 36.6 Å². The Balaban J connectivity index is 2.33. The zero-order valence-corrected chi connectivity index (χ0v) is 11.5. The molecule has 0 saturated heterocycles. The second-order valence-electron chi connectivity index (χ2n) is 5.27. The molecule has 2 nitrogen and oxygen atoms in total. The Hall–Kier alpha value is -1.71. The van der Waals surface area contributed by atoms with Crippen LogP contribution in [0.1, 0.15) is 16.7 Å². The molecule has 2 rings (SSSR count). The van der Waals surface area contributed by atoms with E-state index in [1.807, 2.05) is 31.2 Å². The molecule has 2 N–H and O–H groups in total. The SMILES string of the molecule is Cc1ccc(CC(CO)(CO)c2ccc(F)cc2)cc1. The van der Waals surface area contributed by atoms with Gasteiger partial charge in [-0.1, -0.05) is 42.0 Å². The maximum atomic E-state index is 13.0. The zero-order valence-electron chi connectivity index (χ0n) is 11.5. The van der Waals surface area contributed by atoms with Crippen LogP contribution in [0.5, 0.6) is 0 Å². The van der Waals surface area contributed by atoms with Crippen LogP contribution in [0.2, 0.25) is 0 Å². The Morgan fingerprint density at radius 2 is 1.45 bits per heavy atom. The molecule has 0 spiro atoms. The summed E-state index contributed by atoms with van der Waals surface area (Å²) < 4.78 is 13.0. The minimum atomic E-state index is -0.789. The lowest BCUT2D eigenvalue weighted by molar-refractivity contribution is 0.116. The summed E-state index contributed by atoms with van der Waals surface area (Å²) in [5.41, 5.74) is 2.14. The van der Waals surface area contributed by atoms with Crippen molar-refractivity contribution in [2.45, 2.75) is 18.8 Å². The van der Waals surface area contributed by atoms with Crippen molar-refractivity contribution in [1.82, 2.24) is 0 Å². The summed E-state index contributed by atoms with van der Waals surface area (Å²) in [6.45, 7) is 1.63. The number of halogens is 1. The molecule has 0 saturated carbocycles. The quantitative estimate of drug-likeness (QED) is 0.880. The monoisotopic (exact) mass is 274 g/mol. The van der Waals surface area contributed by atoms with E-state index < -0.39 is 5.41 Å². The maximum Gasteiger partial charge on any atom is 0.123 e. The Bertz CT molecular complexity index is 542. The van der Waals surface area contributed by atoms with Gasteiger partial charge >= 0.3 is 0 Å². The van der Waals surface area contributed by atoms with Gasteiger partial charge in [0.15, 0.2) is 0 Å². The number of benzene rings is 2.